The second-order valence-electron chi connectivity index (χ2n) is 9.01. The maximum atomic E-state index is 10.0. The first kappa shape index (κ1) is 17.4. The van der Waals surface area contributed by atoms with Gasteiger partial charge < -0.3 is 15.9 Å². The SMILES string of the molecule is CC1=CCC2C(CN)C(C3(C)CCC(O)CC3CO)CCC12C. The molecular formula is C20H35NO2. The molecule has 4 N–H and O–H groups in total. The summed E-state index contributed by atoms with van der Waals surface area (Å²) in [6, 6.07) is 0. The van der Waals surface area contributed by atoms with Crippen molar-refractivity contribution in [3.05, 3.63) is 11.6 Å². The van der Waals surface area contributed by atoms with Crippen LogP contribution in [0.2, 0.25) is 0 Å². The maximum Gasteiger partial charge on any atom is 0.0544 e. The highest BCUT2D eigenvalue weighted by atomic mass is 16.3. The molecule has 2 fully saturated rings. The van der Waals surface area contributed by atoms with Gasteiger partial charge in [-0.25, -0.2) is 0 Å². The van der Waals surface area contributed by atoms with Crippen LogP contribution in [0.15, 0.2) is 11.6 Å². The van der Waals surface area contributed by atoms with Crippen LogP contribution in [0.1, 0.15) is 59.3 Å². The fourth-order valence-corrected chi connectivity index (χ4v) is 6.38. The molecule has 0 aromatic rings. The summed E-state index contributed by atoms with van der Waals surface area (Å²) in [5.41, 5.74) is 8.31. The van der Waals surface area contributed by atoms with Gasteiger partial charge >= 0.3 is 0 Å². The van der Waals surface area contributed by atoms with Gasteiger partial charge in [-0.05, 0) is 86.5 Å². The smallest absolute Gasteiger partial charge is 0.0544 e. The van der Waals surface area contributed by atoms with Crippen LogP contribution in [0.3, 0.4) is 0 Å². The molecule has 0 spiro atoms. The van der Waals surface area contributed by atoms with Gasteiger partial charge in [0, 0.05) is 6.61 Å². The van der Waals surface area contributed by atoms with E-state index in [4.69, 9.17) is 5.73 Å². The number of rotatable bonds is 3. The molecule has 3 aliphatic carbocycles. The Balaban J connectivity index is 1.88. The van der Waals surface area contributed by atoms with Crippen LogP contribution < -0.4 is 5.73 Å². The highest BCUT2D eigenvalue weighted by Gasteiger charge is 2.55. The van der Waals surface area contributed by atoms with Gasteiger partial charge in [0.25, 0.3) is 0 Å². The molecule has 3 heteroatoms. The van der Waals surface area contributed by atoms with Gasteiger partial charge in [-0.1, -0.05) is 25.5 Å². The molecule has 0 aromatic carbocycles. The van der Waals surface area contributed by atoms with Crippen molar-refractivity contribution >= 4 is 0 Å². The van der Waals surface area contributed by atoms with Crippen molar-refractivity contribution in [2.24, 2.45) is 40.2 Å². The number of fused-ring (bicyclic) bond motifs is 1. The standard InChI is InChI=1S/C20H35NO2/c1-13-4-5-17-16(11-21)18(7-9-19(13,17)2)20(3)8-6-15(23)10-14(20)12-22/h4,14-18,22-23H,5-12,21H2,1-3H3. The summed E-state index contributed by atoms with van der Waals surface area (Å²) in [6.45, 7) is 8.04. The molecule has 7 atom stereocenters. The lowest BCUT2D eigenvalue weighted by molar-refractivity contribution is -0.0927. The van der Waals surface area contributed by atoms with E-state index < -0.39 is 0 Å². The Labute approximate surface area is 141 Å². The van der Waals surface area contributed by atoms with Crippen molar-refractivity contribution in [1.29, 1.82) is 0 Å². The monoisotopic (exact) mass is 321 g/mol. The average molecular weight is 322 g/mol. The minimum absolute atomic E-state index is 0.121. The Bertz CT molecular complexity index is 476. The van der Waals surface area contributed by atoms with Gasteiger partial charge in [0.2, 0.25) is 0 Å². The van der Waals surface area contributed by atoms with Crippen molar-refractivity contribution in [2.45, 2.75) is 65.4 Å². The largest absolute Gasteiger partial charge is 0.396 e. The Hall–Kier alpha value is -0.380. The number of nitrogens with two attached hydrogens (primary N) is 1. The van der Waals surface area contributed by atoms with Crippen LogP contribution in [0, 0.1) is 34.5 Å². The molecule has 3 aliphatic rings. The molecule has 0 aromatic heterocycles. The molecule has 0 radical (unpaired) electrons. The number of allylic oxidation sites excluding steroid dienone is 2. The Kier molecular flexibility index (Phi) is 4.67. The predicted octanol–water partition coefficient (Wildman–Crippen LogP) is 3.10. The van der Waals surface area contributed by atoms with Gasteiger partial charge in [-0.2, -0.15) is 0 Å². The fraction of sp³-hybridized carbons (Fsp3) is 0.900. The zero-order valence-electron chi connectivity index (χ0n) is 15.1. The molecule has 0 heterocycles. The van der Waals surface area contributed by atoms with Crippen molar-refractivity contribution in [3.8, 4) is 0 Å². The summed E-state index contributed by atoms with van der Waals surface area (Å²) in [5, 5.41) is 20.0. The van der Waals surface area contributed by atoms with E-state index in [2.05, 4.69) is 26.8 Å². The minimum Gasteiger partial charge on any atom is -0.396 e. The zero-order chi connectivity index (χ0) is 16.8. The lowest BCUT2D eigenvalue weighted by Gasteiger charge is -2.56. The summed E-state index contributed by atoms with van der Waals surface area (Å²) >= 11 is 0. The summed E-state index contributed by atoms with van der Waals surface area (Å²) in [5.74, 6) is 1.99. The third kappa shape index (κ3) is 2.60. The van der Waals surface area contributed by atoms with Gasteiger partial charge in [0.05, 0.1) is 6.10 Å². The quantitative estimate of drug-likeness (QED) is 0.700. The van der Waals surface area contributed by atoms with E-state index >= 15 is 0 Å². The summed E-state index contributed by atoms with van der Waals surface area (Å²) < 4.78 is 0. The minimum atomic E-state index is -0.235. The van der Waals surface area contributed by atoms with Crippen LogP contribution in [-0.2, 0) is 0 Å². The van der Waals surface area contributed by atoms with E-state index in [0.717, 1.165) is 25.8 Å². The molecule has 132 valence electrons. The summed E-state index contributed by atoms with van der Waals surface area (Å²) in [7, 11) is 0. The van der Waals surface area contributed by atoms with E-state index in [1.165, 1.54) is 19.3 Å². The molecule has 7 unspecified atom stereocenters. The topological polar surface area (TPSA) is 66.5 Å². The van der Waals surface area contributed by atoms with Crippen LogP contribution in [0.4, 0.5) is 0 Å². The van der Waals surface area contributed by atoms with Gasteiger partial charge in [-0.15, -0.1) is 0 Å². The molecular weight excluding hydrogens is 286 g/mol. The third-order valence-electron chi connectivity index (χ3n) is 8.25. The second kappa shape index (κ2) is 6.16. The number of hydrogen-bond acceptors (Lipinski definition) is 3. The van der Waals surface area contributed by atoms with E-state index in [9.17, 15) is 10.2 Å². The molecule has 0 amide bonds. The first-order valence-corrected chi connectivity index (χ1v) is 9.53. The highest BCUT2D eigenvalue weighted by Crippen LogP contribution is 2.61. The molecule has 0 aliphatic heterocycles. The van der Waals surface area contributed by atoms with E-state index in [0.29, 0.717) is 23.2 Å². The molecule has 0 bridgehead atoms. The normalized spacial score (nSPS) is 50.5. The highest BCUT2D eigenvalue weighted by molar-refractivity contribution is 5.23. The Morgan fingerprint density at radius 3 is 2.61 bits per heavy atom. The summed E-state index contributed by atoms with van der Waals surface area (Å²) in [6.07, 6.45) is 8.48. The first-order valence-electron chi connectivity index (χ1n) is 9.53. The van der Waals surface area contributed by atoms with Crippen molar-refractivity contribution in [1.82, 2.24) is 0 Å². The predicted molar refractivity (Wildman–Crippen MR) is 93.8 cm³/mol. The second-order valence-corrected chi connectivity index (χ2v) is 9.01. The number of aliphatic hydroxyl groups excluding tert-OH is 2. The van der Waals surface area contributed by atoms with Crippen LogP contribution in [0.5, 0.6) is 0 Å². The van der Waals surface area contributed by atoms with Gasteiger partial charge in [0.1, 0.15) is 0 Å². The first-order chi connectivity index (χ1) is 10.9. The lowest BCUT2D eigenvalue weighted by atomic mass is 9.49. The van der Waals surface area contributed by atoms with Crippen LogP contribution >= 0.6 is 0 Å². The summed E-state index contributed by atoms with van der Waals surface area (Å²) in [4.78, 5) is 0. The molecule has 3 rings (SSSR count). The van der Waals surface area contributed by atoms with Crippen molar-refractivity contribution < 1.29 is 10.2 Å². The molecule has 23 heavy (non-hydrogen) atoms. The van der Waals surface area contributed by atoms with Crippen molar-refractivity contribution in [3.63, 3.8) is 0 Å². The van der Waals surface area contributed by atoms with Crippen LogP contribution in [0.25, 0.3) is 0 Å². The average Bonchev–Trinajstić information content (AvgIpc) is 2.84. The number of hydrogen-bond donors (Lipinski definition) is 3. The zero-order valence-corrected chi connectivity index (χ0v) is 15.1. The number of aliphatic hydroxyl groups is 2. The molecule has 3 nitrogen and oxygen atoms in total. The molecule has 2 saturated carbocycles. The van der Waals surface area contributed by atoms with E-state index in [1.54, 1.807) is 5.57 Å². The maximum absolute atomic E-state index is 10.0. The van der Waals surface area contributed by atoms with Crippen molar-refractivity contribution in [2.75, 3.05) is 13.2 Å². The lowest BCUT2D eigenvalue weighted by Crippen LogP contribution is -2.53. The fourth-order valence-electron chi connectivity index (χ4n) is 6.38. The Morgan fingerprint density at radius 2 is 1.96 bits per heavy atom. The third-order valence-corrected chi connectivity index (χ3v) is 8.25. The Morgan fingerprint density at radius 1 is 1.22 bits per heavy atom. The van der Waals surface area contributed by atoms with E-state index in [1.807, 2.05) is 0 Å². The van der Waals surface area contributed by atoms with Gasteiger partial charge in [-0.3, -0.25) is 0 Å². The van der Waals surface area contributed by atoms with E-state index in [-0.39, 0.29) is 24.0 Å². The van der Waals surface area contributed by atoms with Crippen LogP contribution in [-0.4, -0.2) is 29.5 Å². The molecule has 0 saturated heterocycles. The van der Waals surface area contributed by atoms with Gasteiger partial charge in [0.15, 0.2) is 0 Å².